The fourth-order valence-electron chi connectivity index (χ4n) is 5.32. The lowest BCUT2D eigenvalue weighted by Gasteiger charge is -2.29. The first-order valence-electron chi connectivity index (χ1n) is 13.1. The highest BCUT2D eigenvalue weighted by molar-refractivity contribution is 7.45. The van der Waals surface area contributed by atoms with Crippen LogP contribution in [0.15, 0.2) is 47.4 Å². The van der Waals surface area contributed by atoms with E-state index in [1.54, 1.807) is 19.4 Å². The molecule has 3 aliphatic rings. The first kappa shape index (κ1) is 27.3. The molecule has 0 aliphatic carbocycles. The van der Waals surface area contributed by atoms with Crippen LogP contribution in [0.4, 0.5) is 5.82 Å². The van der Waals surface area contributed by atoms with Gasteiger partial charge in [0.25, 0.3) is 8.53 Å². The molecule has 1 N–H and O–H groups in total. The SMILES string of the molecule is CC[C@H]1O[C@@H](n2ccc(NC(C)=O)nc2=O)C(OCCOC)[C@H]1OP1O[C@@H](c2ccccc2)[C@H]2CCCN21. The first-order valence-corrected chi connectivity index (χ1v) is 14.2. The second-order valence-corrected chi connectivity index (χ2v) is 11.0. The van der Waals surface area contributed by atoms with Crippen molar-refractivity contribution in [2.45, 2.75) is 69.8 Å². The minimum Gasteiger partial charge on any atom is -0.382 e. The molecule has 7 atom stereocenters. The first-order chi connectivity index (χ1) is 18.5. The number of anilines is 1. The molecule has 0 bridgehead atoms. The Hall–Kier alpha value is -2.24. The number of methoxy groups -OCH3 is 1. The minimum atomic E-state index is -1.36. The molecule has 0 spiro atoms. The number of amides is 1. The zero-order valence-corrected chi connectivity index (χ0v) is 22.8. The molecule has 4 heterocycles. The van der Waals surface area contributed by atoms with Gasteiger partial charge in [0.15, 0.2) is 6.23 Å². The van der Waals surface area contributed by atoms with Gasteiger partial charge in [0.1, 0.15) is 24.1 Å². The van der Waals surface area contributed by atoms with E-state index >= 15 is 0 Å². The molecule has 38 heavy (non-hydrogen) atoms. The number of carbonyl (C=O) groups is 1. The van der Waals surface area contributed by atoms with E-state index in [1.165, 1.54) is 11.5 Å². The molecule has 3 saturated heterocycles. The smallest absolute Gasteiger partial charge is 0.351 e. The van der Waals surface area contributed by atoms with Gasteiger partial charge in [0, 0.05) is 32.8 Å². The number of benzene rings is 1. The van der Waals surface area contributed by atoms with Crippen LogP contribution in [0, 0.1) is 0 Å². The molecule has 0 radical (unpaired) electrons. The molecule has 1 aromatic carbocycles. The summed E-state index contributed by atoms with van der Waals surface area (Å²) in [5.41, 5.74) is 0.596. The van der Waals surface area contributed by atoms with E-state index in [0.29, 0.717) is 19.6 Å². The van der Waals surface area contributed by atoms with Crippen molar-refractivity contribution in [2.75, 3.05) is 32.2 Å². The number of nitrogens with one attached hydrogen (secondary N) is 1. The summed E-state index contributed by atoms with van der Waals surface area (Å²) in [4.78, 5) is 28.4. The summed E-state index contributed by atoms with van der Waals surface area (Å²) in [5, 5.41) is 2.54. The van der Waals surface area contributed by atoms with E-state index in [2.05, 4.69) is 27.1 Å². The number of rotatable bonds is 10. The molecule has 0 saturated carbocycles. The van der Waals surface area contributed by atoms with E-state index in [-0.39, 0.29) is 30.0 Å². The van der Waals surface area contributed by atoms with Crippen LogP contribution in [-0.4, -0.2) is 71.4 Å². The van der Waals surface area contributed by atoms with Crippen molar-refractivity contribution in [3.8, 4) is 0 Å². The van der Waals surface area contributed by atoms with Crippen LogP contribution in [-0.2, 0) is 28.1 Å². The van der Waals surface area contributed by atoms with Crippen molar-refractivity contribution in [1.82, 2.24) is 14.2 Å². The Bertz CT molecular complexity index is 1150. The lowest BCUT2D eigenvalue weighted by Crippen LogP contribution is -2.39. The van der Waals surface area contributed by atoms with Crippen molar-refractivity contribution < 1.29 is 28.1 Å². The highest BCUT2D eigenvalue weighted by Crippen LogP contribution is 2.61. The standard InChI is InChI=1S/C26H35N4O7P/c1-4-20-23(37-38-30-13-8-11-19(30)22(36-38)18-9-6-5-7-10-18)24(34-16-15-33-3)25(35-20)29-14-12-21(27-17(2)31)28-26(29)32/h5-7,9-10,12,14,19-20,22-25H,4,8,11,13,15-16H2,1-3H3,(H,27,28,31,32)/t19-,20-,22+,23+,24?,25-,38?/m1/s1. The van der Waals surface area contributed by atoms with E-state index < -0.39 is 32.7 Å². The third-order valence-electron chi connectivity index (χ3n) is 7.07. The normalized spacial score (nSPS) is 31.0. The van der Waals surface area contributed by atoms with Gasteiger partial charge in [-0.2, -0.15) is 4.98 Å². The van der Waals surface area contributed by atoms with Gasteiger partial charge in [-0.15, -0.1) is 0 Å². The molecule has 12 heteroatoms. The summed E-state index contributed by atoms with van der Waals surface area (Å²) in [6, 6.07) is 12.1. The summed E-state index contributed by atoms with van der Waals surface area (Å²) in [5.74, 6) is -0.122. The molecule has 2 unspecified atom stereocenters. The fraction of sp³-hybridized carbons (Fsp3) is 0.577. The van der Waals surface area contributed by atoms with Crippen molar-refractivity contribution in [2.24, 2.45) is 0 Å². The number of aromatic nitrogens is 2. The lowest BCUT2D eigenvalue weighted by molar-refractivity contribution is -0.114. The highest BCUT2D eigenvalue weighted by Gasteiger charge is 2.53. The lowest BCUT2D eigenvalue weighted by atomic mass is 10.0. The quantitative estimate of drug-likeness (QED) is 0.354. The Balaban J connectivity index is 1.40. The number of nitrogens with zero attached hydrogens (tertiary/aromatic N) is 3. The van der Waals surface area contributed by atoms with E-state index in [4.69, 9.17) is 23.3 Å². The molecular weight excluding hydrogens is 511 g/mol. The summed E-state index contributed by atoms with van der Waals surface area (Å²) in [6.07, 6.45) is 2.17. The maximum absolute atomic E-state index is 13.0. The van der Waals surface area contributed by atoms with Crippen LogP contribution < -0.4 is 11.0 Å². The minimum absolute atomic E-state index is 0.0518. The molecule has 3 aliphatic heterocycles. The fourth-order valence-corrected chi connectivity index (χ4v) is 7.32. The van der Waals surface area contributed by atoms with Gasteiger partial charge < -0.3 is 28.6 Å². The Morgan fingerprint density at radius 2 is 2.03 bits per heavy atom. The summed E-state index contributed by atoms with van der Waals surface area (Å²) in [7, 11) is 0.252. The van der Waals surface area contributed by atoms with Crippen molar-refractivity contribution >= 4 is 20.3 Å². The van der Waals surface area contributed by atoms with Crippen molar-refractivity contribution in [1.29, 1.82) is 0 Å². The molecule has 1 amide bonds. The monoisotopic (exact) mass is 546 g/mol. The van der Waals surface area contributed by atoms with E-state index in [0.717, 1.165) is 24.9 Å². The van der Waals surface area contributed by atoms with Crippen LogP contribution >= 0.6 is 8.53 Å². The molecule has 206 valence electrons. The Morgan fingerprint density at radius 3 is 2.74 bits per heavy atom. The predicted molar refractivity (Wildman–Crippen MR) is 140 cm³/mol. The van der Waals surface area contributed by atoms with Crippen molar-refractivity contribution in [3.05, 3.63) is 58.6 Å². The molecule has 3 fully saturated rings. The van der Waals surface area contributed by atoms with E-state index in [1.807, 2.05) is 25.1 Å². The summed E-state index contributed by atoms with van der Waals surface area (Å²) >= 11 is 0. The maximum atomic E-state index is 13.0. The van der Waals surface area contributed by atoms with Gasteiger partial charge in [-0.1, -0.05) is 37.3 Å². The predicted octanol–water partition coefficient (Wildman–Crippen LogP) is 3.39. The second kappa shape index (κ2) is 12.3. The molecular formula is C26H35N4O7P. The number of carbonyl (C=O) groups excluding carboxylic acids is 1. The zero-order valence-electron chi connectivity index (χ0n) is 21.9. The topological polar surface area (TPSA) is 113 Å². The number of fused-ring (bicyclic) bond motifs is 1. The highest BCUT2D eigenvalue weighted by atomic mass is 31.2. The van der Waals surface area contributed by atoms with Gasteiger partial charge >= 0.3 is 5.69 Å². The number of hydrogen-bond donors (Lipinski definition) is 1. The van der Waals surface area contributed by atoms with Gasteiger partial charge in [-0.25, -0.2) is 9.46 Å². The Morgan fingerprint density at radius 1 is 1.21 bits per heavy atom. The number of hydrogen-bond acceptors (Lipinski definition) is 9. The Labute approximate surface area is 223 Å². The van der Waals surface area contributed by atoms with Gasteiger partial charge in [0.2, 0.25) is 5.91 Å². The molecule has 11 nitrogen and oxygen atoms in total. The van der Waals surface area contributed by atoms with Crippen LogP contribution in [0.3, 0.4) is 0 Å². The summed E-state index contributed by atoms with van der Waals surface area (Å²) in [6.45, 7) is 4.99. The third kappa shape index (κ3) is 5.70. The second-order valence-electron chi connectivity index (χ2n) is 9.60. The van der Waals surface area contributed by atoms with Gasteiger partial charge in [-0.3, -0.25) is 9.36 Å². The maximum Gasteiger partial charge on any atom is 0.351 e. The van der Waals surface area contributed by atoms with Crippen LogP contribution in [0.5, 0.6) is 0 Å². The average Bonchev–Trinajstić information content (AvgIpc) is 3.60. The third-order valence-corrected chi connectivity index (χ3v) is 8.81. The largest absolute Gasteiger partial charge is 0.382 e. The Kier molecular flexibility index (Phi) is 8.84. The average molecular weight is 547 g/mol. The van der Waals surface area contributed by atoms with Crippen LogP contribution in [0.25, 0.3) is 0 Å². The van der Waals surface area contributed by atoms with Gasteiger partial charge in [0.05, 0.1) is 19.3 Å². The van der Waals surface area contributed by atoms with Crippen LogP contribution in [0.1, 0.15) is 51.0 Å². The van der Waals surface area contributed by atoms with E-state index in [9.17, 15) is 9.59 Å². The summed E-state index contributed by atoms with van der Waals surface area (Å²) < 4.78 is 34.9. The molecule has 5 rings (SSSR count). The van der Waals surface area contributed by atoms with Crippen molar-refractivity contribution in [3.63, 3.8) is 0 Å². The van der Waals surface area contributed by atoms with Crippen LogP contribution in [0.2, 0.25) is 0 Å². The number of ether oxygens (including phenoxy) is 3. The van der Waals surface area contributed by atoms with Gasteiger partial charge in [-0.05, 0) is 30.9 Å². The molecule has 2 aromatic rings. The zero-order chi connectivity index (χ0) is 26.6. The molecule has 1 aromatic heterocycles.